The number of carbonyl (C=O) groups is 2. The molecule has 0 aliphatic rings. The molecule has 0 spiro atoms. The summed E-state index contributed by atoms with van der Waals surface area (Å²) in [5.41, 5.74) is 2.53. The number of benzene rings is 2. The van der Waals surface area contributed by atoms with Gasteiger partial charge in [-0.25, -0.2) is 0 Å². The fraction of sp³-hybridized carbons (Fsp3) is 0.222. The Labute approximate surface area is 130 Å². The van der Waals surface area contributed by atoms with E-state index in [1.165, 1.54) is 7.11 Å². The number of rotatable bonds is 6. The maximum atomic E-state index is 12.3. The molecule has 1 N–H and O–H groups in total. The second kappa shape index (κ2) is 7.98. The summed E-state index contributed by atoms with van der Waals surface area (Å²) in [6.45, 7) is 0.442. The van der Waals surface area contributed by atoms with Crippen molar-refractivity contribution in [3.63, 3.8) is 0 Å². The summed E-state index contributed by atoms with van der Waals surface area (Å²) < 4.78 is 4.57. The van der Waals surface area contributed by atoms with Gasteiger partial charge in [0.2, 0.25) is 0 Å². The fourth-order valence-corrected chi connectivity index (χ4v) is 2.18. The highest BCUT2D eigenvalue weighted by Gasteiger charge is 2.11. The quantitative estimate of drug-likeness (QED) is 0.658. The maximum absolute atomic E-state index is 12.3. The predicted molar refractivity (Wildman–Crippen MR) is 85.5 cm³/mol. The molecule has 0 radical (unpaired) electrons. The first-order valence-electron chi connectivity index (χ1n) is 7.22. The van der Waals surface area contributed by atoms with Crippen molar-refractivity contribution in [1.29, 1.82) is 0 Å². The Morgan fingerprint density at radius 1 is 1.00 bits per heavy atom. The first-order valence-corrected chi connectivity index (χ1v) is 7.22. The van der Waals surface area contributed by atoms with Crippen LogP contribution >= 0.6 is 0 Å². The van der Waals surface area contributed by atoms with E-state index < -0.39 is 0 Å². The Balaban J connectivity index is 2.03. The molecule has 0 bridgehead atoms. The van der Waals surface area contributed by atoms with Crippen LogP contribution in [0.4, 0.5) is 0 Å². The molecule has 0 saturated heterocycles. The van der Waals surface area contributed by atoms with Crippen LogP contribution in [0.5, 0.6) is 0 Å². The lowest BCUT2D eigenvalue weighted by molar-refractivity contribution is -0.140. The van der Waals surface area contributed by atoms with Gasteiger partial charge in [0.05, 0.1) is 7.11 Å². The van der Waals surface area contributed by atoms with Gasteiger partial charge in [-0.2, -0.15) is 0 Å². The molecule has 2 aromatic rings. The molecule has 0 fully saturated rings. The SMILES string of the molecule is COC(=O)CCCNC(=O)c1ccccc1-c1ccccc1. The van der Waals surface area contributed by atoms with Gasteiger partial charge in [-0.15, -0.1) is 0 Å². The largest absolute Gasteiger partial charge is 0.469 e. The van der Waals surface area contributed by atoms with Crippen molar-refractivity contribution in [3.05, 3.63) is 60.2 Å². The Hall–Kier alpha value is -2.62. The van der Waals surface area contributed by atoms with E-state index in [0.717, 1.165) is 11.1 Å². The Kier molecular flexibility index (Phi) is 5.72. The summed E-state index contributed by atoms with van der Waals surface area (Å²) in [5.74, 6) is -0.400. The lowest BCUT2D eigenvalue weighted by atomic mass is 9.99. The molecule has 22 heavy (non-hydrogen) atoms. The first-order chi connectivity index (χ1) is 10.7. The summed E-state index contributed by atoms with van der Waals surface area (Å²) in [4.78, 5) is 23.4. The van der Waals surface area contributed by atoms with Gasteiger partial charge in [-0.1, -0.05) is 48.5 Å². The van der Waals surface area contributed by atoms with E-state index >= 15 is 0 Å². The Morgan fingerprint density at radius 3 is 2.41 bits per heavy atom. The number of ether oxygens (including phenoxy) is 1. The molecule has 2 rings (SSSR count). The first kappa shape index (κ1) is 15.8. The average molecular weight is 297 g/mol. The highest BCUT2D eigenvalue weighted by atomic mass is 16.5. The number of nitrogens with one attached hydrogen (secondary N) is 1. The van der Waals surface area contributed by atoms with Crippen molar-refractivity contribution in [2.75, 3.05) is 13.7 Å². The molecule has 1 amide bonds. The van der Waals surface area contributed by atoms with Crippen molar-refractivity contribution in [2.45, 2.75) is 12.8 Å². The summed E-state index contributed by atoms with van der Waals surface area (Å²) in [6, 6.07) is 17.3. The standard InChI is InChI=1S/C18H19NO3/c1-22-17(20)12-7-13-19-18(21)16-11-6-5-10-15(16)14-8-3-2-4-9-14/h2-6,8-11H,7,12-13H2,1H3,(H,19,21). The van der Waals surface area contributed by atoms with Crippen LogP contribution in [0.1, 0.15) is 23.2 Å². The van der Waals surface area contributed by atoms with Crippen LogP contribution < -0.4 is 5.32 Å². The van der Waals surface area contributed by atoms with Crippen LogP contribution in [-0.2, 0) is 9.53 Å². The zero-order valence-electron chi connectivity index (χ0n) is 12.5. The van der Waals surface area contributed by atoms with Crippen molar-refractivity contribution >= 4 is 11.9 Å². The van der Waals surface area contributed by atoms with Crippen LogP contribution in [0, 0.1) is 0 Å². The number of methoxy groups -OCH3 is 1. The second-order valence-electron chi connectivity index (χ2n) is 4.85. The van der Waals surface area contributed by atoms with E-state index in [1.54, 1.807) is 6.07 Å². The summed E-state index contributed by atoms with van der Waals surface area (Å²) in [5, 5.41) is 2.84. The summed E-state index contributed by atoms with van der Waals surface area (Å²) in [6.07, 6.45) is 0.864. The molecule has 0 unspecified atom stereocenters. The third-order valence-electron chi connectivity index (χ3n) is 3.33. The number of hydrogen-bond acceptors (Lipinski definition) is 3. The molecule has 0 atom stereocenters. The number of carbonyl (C=O) groups excluding carboxylic acids is 2. The van der Waals surface area contributed by atoms with Crippen molar-refractivity contribution < 1.29 is 14.3 Å². The minimum absolute atomic E-state index is 0.135. The van der Waals surface area contributed by atoms with Gasteiger partial charge in [-0.3, -0.25) is 9.59 Å². The molecule has 0 aliphatic heterocycles. The van der Waals surface area contributed by atoms with Crippen LogP contribution in [0.3, 0.4) is 0 Å². The molecule has 4 heteroatoms. The third-order valence-corrected chi connectivity index (χ3v) is 3.33. The van der Waals surface area contributed by atoms with Gasteiger partial charge in [0.15, 0.2) is 0 Å². The normalized spacial score (nSPS) is 10.0. The number of amides is 1. The molecule has 114 valence electrons. The molecule has 0 heterocycles. The predicted octanol–water partition coefficient (Wildman–Crippen LogP) is 3.04. The maximum Gasteiger partial charge on any atom is 0.305 e. The van der Waals surface area contributed by atoms with E-state index in [9.17, 15) is 9.59 Å². The van der Waals surface area contributed by atoms with Gasteiger partial charge < -0.3 is 10.1 Å². The van der Waals surface area contributed by atoms with E-state index in [2.05, 4.69) is 10.1 Å². The van der Waals surface area contributed by atoms with E-state index in [4.69, 9.17) is 0 Å². The zero-order valence-corrected chi connectivity index (χ0v) is 12.5. The molecule has 2 aromatic carbocycles. The lowest BCUT2D eigenvalue weighted by Gasteiger charge is -2.10. The van der Waals surface area contributed by atoms with E-state index in [-0.39, 0.29) is 11.9 Å². The third kappa shape index (κ3) is 4.19. The minimum atomic E-state index is -0.265. The Morgan fingerprint density at radius 2 is 1.68 bits per heavy atom. The number of esters is 1. The second-order valence-corrected chi connectivity index (χ2v) is 4.85. The highest BCUT2D eigenvalue weighted by Crippen LogP contribution is 2.23. The molecule has 4 nitrogen and oxygen atoms in total. The Bertz CT molecular complexity index is 638. The van der Waals surface area contributed by atoms with E-state index in [0.29, 0.717) is 24.9 Å². The summed E-state index contributed by atoms with van der Waals surface area (Å²) >= 11 is 0. The minimum Gasteiger partial charge on any atom is -0.469 e. The van der Waals surface area contributed by atoms with Crippen molar-refractivity contribution in [2.24, 2.45) is 0 Å². The smallest absolute Gasteiger partial charge is 0.305 e. The van der Waals surface area contributed by atoms with Gasteiger partial charge >= 0.3 is 5.97 Å². The molecular formula is C18H19NO3. The highest BCUT2D eigenvalue weighted by molar-refractivity contribution is 6.00. The molecule has 0 aromatic heterocycles. The molecule has 0 aliphatic carbocycles. The topological polar surface area (TPSA) is 55.4 Å². The van der Waals surface area contributed by atoms with Crippen molar-refractivity contribution in [3.8, 4) is 11.1 Å². The zero-order chi connectivity index (χ0) is 15.8. The van der Waals surface area contributed by atoms with Crippen LogP contribution in [0.2, 0.25) is 0 Å². The number of hydrogen-bond donors (Lipinski definition) is 1. The van der Waals surface area contributed by atoms with Gasteiger partial charge in [0.25, 0.3) is 5.91 Å². The van der Waals surface area contributed by atoms with Crippen LogP contribution in [-0.4, -0.2) is 25.5 Å². The van der Waals surface area contributed by atoms with Gasteiger partial charge in [0.1, 0.15) is 0 Å². The van der Waals surface area contributed by atoms with E-state index in [1.807, 2.05) is 48.5 Å². The van der Waals surface area contributed by atoms with Crippen molar-refractivity contribution in [1.82, 2.24) is 5.32 Å². The monoisotopic (exact) mass is 297 g/mol. The fourth-order valence-electron chi connectivity index (χ4n) is 2.18. The lowest BCUT2D eigenvalue weighted by Crippen LogP contribution is -2.25. The van der Waals surface area contributed by atoms with Gasteiger partial charge in [0, 0.05) is 18.5 Å². The molecular weight excluding hydrogens is 278 g/mol. The van der Waals surface area contributed by atoms with Gasteiger partial charge in [-0.05, 0) is 23.6 Å². The average Bonchev–Trinajstić information content (AvgIpc) is 2.59. The summed E-state index contributed by atoms with van der Waals surface area (Å²) in [7, 11) is 1.36. The van der Waals surface area contributed by atoms with Crippen LogP contribution in [0.25, 0.3) is 11.1 Å². The van der Waals surface area contributed by atoms with Crippen LogP contribution in [0.15, 0.2) is 54.6 Å². The molecule has 0 saturated carbocycles.